The number of piperazine rings is 1. The van der Waals surface area contributed by atoms with Gasteiger partial charge >= 0.3 is 6.18 Å². The fourth-order valence-corrected chi connectivity index (χ4v) is 5.01. The number of carbonyl (C=O) groups excluding carboxylic acids is 1. The highest BCUT2D eigenvalue weighted by atomic mass is 79.9. The number of anilines is 2. The Morgan fingerprint density at radius 3 is 2.28 bits per heavy atom. The predicted molar refractivity (Wildman–Crippen MR) is 137 cm³/mol. The molecule has 36 heavy (non-hydrogen) atoms. The molecule has 2 aromatic carbocycles. The average Bonchev–Trinajstić information content (AvgIpc) is 3.34. The van der Waals surface area contributed by atoms with Crippen molar-refractivity contribution in [1.82, 2.24) is 9.88 Å². The summed E-state index contributed by atoms with van der Waals surface area (Å²) in [6.45, 7) is 4.31. The first-order chi connectivity index (χ1) is 17.3. The Kier molecular flexibility index (Phi) is 6.98. The van der Waals surface area contributed by atoms with Crippen LogP contribution in [0.5, 0.6) is 0 Å². The van der Waals surface area contributed by atoms with E-state index in [1.54, 1.807) is 11.0 Å². The Labute approximate surface area is 215 Å². The molecule has 2 fully saturated rings. The van der Waals surface area contributed by atoms with Crippen LogP contribution in [-0.2, 0) is 10.9 Å². The third-order valence-corrected chi connectivity index (χ3v) is 7.18. The molecule has 3 heterocycles. The number of ether oxygens (including phenoxy) is 1. The zero-order chi connectivity index (χ0) is 25.3. The quantitative estimate of drug-likeness (QED) is 0.471. The standard InChI is InChI=1S/C26H26BrF3N4O2/c27-20-6-4-18(5-7-20)22-17-31-23(24(22)33-12-14-36-15-13-33)25(35)34-10-8-32(9-11-34)21-3-1-2-19(16-21)26(28,29)30/h1-7,16-17,31H,8-15H2. The van der Waals surface area contributed by atoms with Crippen LogP contribution in [0.15, 0.2) is 59.2 Å². The molecule has 0 spiro atoms. The van der Waals surface area contributed by atoms with Gasteiger partial charge in [-0.25, -0.2) is 0 Å². The van der Waals surface area contributed by atoms with Crippen molar-refractivity contribution in [2.24, 2.45) is 0 Å². The average molecular weight is 563 g/mol. The number of amides is 1. The van der Waals surface area contributed by atoms with Gasteiger partial charge in [-0.2, -0.15) is 13.2 Å². The smallest absolute Gasteiger partial charge is 0.378 e. The van der Waals surface area contributed by atoms with Crippen molar-refractivity contribution in [3.63, 3.8) is 0 Å². The lowest BCUT2D eigenvalue weighted by atomic mass is 10.1. The number of H-pyrrole nitrogens is 1. The molecule has 190 valence electrons. The summed E-state index contributed by atoms with van der Waals surface area (Å²) in [6, 6.07) is 13.3. The number of hydrogen-bond donors (Lipinski definition) is 1. The minimum atomic E-state index is -4.39. The second-order valence-electron chi connectivity index (χ2n) is 8.86. The zero-order valence-electron chi connectivity index (χ0n) is 19.5. The molecule has 10 heteroatoms. The molecule has 0 aliphatic carbocycles. The van der Waals surface area contributed by atoms with Gasteiger partial charge in [0, 0.05) is 61.2 Å². The van der Waals surface area contributed by atoms with Crippen molar-refractivity contribution in [2.45, 2.75) is 6.18 Å². The summed E-state index contributed by atoms with van der Waals surface area (Å²) in [7, 11) is 0. The number of nitrogens with zero attached hydrogens (tertiary/aromatic N) is 3. The van der Waals surface area contributed by atoms with E-state index < -0.39 is 11.7 Å². The molecule has 5 rings (SSSR count). The van der Waals surface area contributed by atoms with Gasteiger partial charge in [0.2, 0.25) is 0 Å². The van der Waals surface area contributed by atoms with Crippen LogP contribution in [0.1, 0.15) is 16.1 Å². The molecule has 0 radical (unpaired) electrons. The molecule has 2 saturated heterocycles. The van der Waals surface area contributed by atoms with E-state index in [0.717, 1.165) is 27.4 Å². The van der Waals surface area contributed by atoms with Crippen LogP contribution < -0.4 is 9.80 Å². The van der Waals surface area contributed by atoms with E-state index in [4.69, 9.17) is 4.74 Å². The monoisotopic (exact) mass is 562 g/mol. The Hall–Kier alpha value is -2.98. The lowest BCUT2D eigenvalue weighted by Crippen LogP contribution is -2.49. The number of alkyl halides is 3. The summed E-state index contributed by atoms with van der Waals surface area (Å²) >= 11 is 3.47. The number of nitrogens with one attached hydrogen (secondary N) is 1. The molecular weight excluding hydrogens is 537 g/mol. The molecule has 3 aromatic rings. The van der Waals surface area contributed by atoms with Crippen molar-refractivity contribution in [2.75, 3.05) is 62.3 Å². The van der Waals surface area contributed by atoms with E-state index in [-0.39, 0.29) is 5.91 Å². The maximum atomic E-state index is 13.7. The van der Waals surface area contributed by atoms with Crippen LogP contribution >= 0.6 is 15.9 Å². The Morgan fingerprint density at radius 1 is 0.917 bits per heavy atom. The van der Waals surface area contributed by atoms with Crippen molar-refractivity contribution in [3.05, 3.63) is 70.5 Å². The van der Waals surface area contributed by atoms with Crippen LogP contribution in [0.4, 0.5) is 24.5 Å². The molecule has 1 N–H and O–H groups in total. The lowest BCUT2D eigenvalue weighted by molar-refractivity contribution is -0.137. The number of benzene rings is 2. The van der Waals surface area contributed by atoms with Crippen LogP contribution in [0.3, 0.4) is 0 Å². The van der Waals surface area contributed by atoms with E-state index in [2.05, 4.69) is 25.8 Å². The number of aromatic nitrogens is 1. The van der Waals surface area contributed by atoms with Crippen molar-refractivity contribution in [3.8, 4) is 11.1 Å². The summed E-state index contributed by atoms with van der Waals surface area (Å²) in [4.78, 5) is 22.7. The molecule has 2 aliphatic rings. The van der Waals surface area contributed by atoms with Gasteiger partial charge in [-0.15, -0.1) is 0 Å². The second kappa shape index (κ2) is 10.2. The highest BCUT2D eigenvalue weighted by molar-refractivity contribution is 9.10. The van der Waals surface area contributed by atoms with E-state index in [1.807, 2.05) is 35.4 Å². The normalized spacial score (nSPS) is 16.9. The SMILES string of the molecule is O=C(c1[nH]cc(-c2ccc(Br)cc2)c1N1CCOCC1)N1CCN(c2cccc(C(F)(F)F)c2)CC1. The second-order valence-corrected chi connectivity index (χ2v) is 9.78. The first-order valence-corrected chi connectivity index (χ1v) is 12.6. The number of halogens is 4. The largest absolute Gasteiger partial charge is 0.416 e. The molecule has 1 amide bonds. The fourth-order valence-electron chi connectivity index (χ4n) is 4.75. The van der Waals surface area contributed by atoms with Crippen molar-refractivity contribution >= 4 is 33.2 Å². The number of rotatable bonds is 4. The van der Waals surface area contributed by atoms with Gasteiger partial charge in [0.05, 0.1) is 24.5 Å². The first kappa shape index (κ1) is 24.7. The van der Waals surface area contributed by atoms with E-state index in [0.29, 0.717) is 63.9 Å². The van der Waals surface area contributed by atoms with Gasteiger partial charge in [-0.1, -0.05) is 34.1 Å². The highest BCUT2D eigenvalue weighted by Crippen LogP contribution is 2.36. The van der Waals surface area contributed by atoms with Crippen molar-refractivity contribution < 1.29 is 22.7 Å². The predicted octanol–water partition coefficient (Wildman–Crippen LogP) is 5.26. The summed E-state index contributed by atoms with van der Waals surface area (Å²) in [6.07, 6.45) is -2.51. The van der Waals surface area contributed by atoms with E-state index >= 15 is 0 Å². The summed E-state index contributed by atoms with van der Waals surface area (Å²) in [5, 5.41) is 0. The van der Waals surface area contributed by atoms with Gasteiger partial charge in [0.15, 0.2) is 0 Å². The van der Waals surface area contributed by atoms with Gasteiger partial charge in [-0.3, -0.25) is 4.79 Å². The van der Waals surface area contributed by atoms with Crippen LogP contribution in [-0.4, -0.2) is 68.3 Å². The molecule has 1 aromatic heterocycles. The molecule has 0 unspecified atom stereocenters. The molecule has 2 aliphatic heterocycles. The fraction of sp³-hybridized carbons (Fsp3) is 0.346. The zero-order valence-corrected chi connectivity index (χ0v) is 21.1. The minimum Gasteiger partial charge on any atom is -0.378 e. The van der Waals surface area contributed by atoms with Gasteiger partial charge < -0.3 is 24.4 Å². The Bertz CT molecular complexity index is 1210. The molecule has 0 saturated carbocycles. The van der Waals surface area contributed by atoms with Crippen LogP contribution in [0.2, 0.25) is 0 Å². The number of carbonyl (C=O) groups is 1. The minimum absolute atomic E-state index is 0.108. The van der Waals surface area contributed by atoms with Crippen LogP contribution in [0.25, 0.3) is 11.1 Å². The Morgan fingerprint density at radius 2 is 1.61 bits per heavy atom. The maximum absolute atomic E-state index is 13.7. The third kappa shape index (κ3) is 5.10. The van der Waals surface area contributed by atoms with E-state index in [1.165, 1.54) is 12.1 Å². The summed E-state index contributed by atoms with van der Waals surface area (Å²) < 4.78 is 45.9. The number of morpholine rings is 1. The lowest BCUT2D eigenvalue weighted by Gasteiger charge is -2.37. The molecule has 0 atom stereocenters. The maximum Gasteiger partial charge on any atom is 0.416 e. The molecule has 6 nitrogen and oxygen atoms in total. The van der Waals surface area contributed by atoms with Gasteiger partial charge in [-0.05, 0) is 35.9 Å². The first-order valence-electron chi connectivity index (χ1n) is 11.8. The summed E-state index contributed by atoms with van der Waals surface area (Å²) in [5.74, 6) is -0.108. The van der Waals surface area contributed by atoms with Gasteiger partial charge in [0.1, 0.15) is 5.69 Å². The summed E-state index contributed by atoms with van der Waals surface area (Å²) in [5.41, 5.74) is 3.21. The number of aromatic amines is 1. The van der Waals surface area contributed by atoms with Gasteiger partial charge in [0.25, 0.3) is 5.91 Å². The topological polar surface area (TPSA) is 51.8 Å². The highest BCUT2D eigenvalue weighted by Gasteiger charge is 2.32. The van der Waals surface area contributed by atoms with Crippen LogP contribution in [0, 0.1) is 0 Å². The van der Waals surface area contributed by atoms with E-state index in [9.17, 15) is 18.0 Å². The third-order valence-electron chi connectivity index (χ3n) is 6.65. The Balaban J connectivity index is 1.36. The molecule has 0 bridgehead atoms. The number of hydrogen-bond acceptors (Lipinski definition) is 4. The van der Waals surface area contributed by atoms with Crippen molar-refractivity contribution in [1.29, 1.82) is 0 Å². The molecular formula is C26H26BrF3N4O2.